The van der Waals surface area contributed by atoms with Crippen LogP contribution in [0.25, 0.3) is 0 Å². The number of hydrogen-bond acceptors (Lipinski definition) is 4. The molecule has 3 N–H and O–H groups in total. The van der Waals surface area contributed by atoms with Gasteiger partial charge in [0, 0.05) is 5.92 Å². The summed E-state index contributed by atoms with van der Waals surface area (Å²) in [7, 11) is 0. The van der Waals surface area contributed by atoms with Crippen molar-refractivity contribution >= 4 is 0 Å². The van der Waals surface area contributed by atoms with E-state index in [-0.39, 0.29) is 5.92 Å². The van der Waals surface area contributed by atoms with Crippen molar-refractivity contribution < 1.29 is 20.1 Å². The minimum Gasteiger partial charge on any atom is -0.493 e. The molecule has 0 aliphatic heterocycles. The summed E-state index contributed by atoms with van der Waals surface area (Å²) in [6.07, 6.45) is 21.4. The molecule has 0 saturated carbocycles. The molecule has 230 valence electrons. The van der Waals surface area contributed by atoms with E-state index in [2.05, 4.69) is 41.0 Å². The number of ether oxygens (including phenoxy) is 1. The van der Waals surface area contributed by atoms with Crippen molar-refractivity contribution in [2.75, 3.05) is 6.61 Å². The lowest BCUT2D eigenvalue weighted by atomic mass is 9.84. The van der Waals surface area contributed by atoms with Gasteiger partial charge in [0.1, 0.15) is 5.76 Å². The molecule has 0 fully saturated rings. The molecule has 0 aromatic rings. The Labute approximate surface area is 242 Å². The first-order valence-corrected chi connectivity index (χ1v) is 16.4. The van der Waals surface area contributed by atoms with Gasteiger partial charge in [-0.3, -0.25) is 0 Å². The first-order chi connectivity index (χ1) is 18.4. The average Bonchev–Trinajstić information content (AvgIpc) is 2.86. The summed E-state index contributed by atoms with van der Waals surface area (Å²) < 4.78 is 6.33. The van der Waals surface area contributed by atoms with Gasteiger partial charge in [0.25, 0.3) is 0 Å². The van der Waals surface area contributed by atoms with Crippen molar-refractivity contribution in [2.45, 2.75) is 175 Å². The predicted molar refractivity (Wildman–Crippen MR) is 166 cm³/mol. The molecule has 0 aromatic carbocycles. The number of rotatable bonds is 23. The van der Waals surface area contributed by atoms with Crippen molar-refractivity contribution in [3.8, 4) is 0 Å². The lowest BCUT2D eigenvalue weighted by molar-refractivity contribution is 0.0110. The van der Waals surface area contributed by atoms with Crippen molar-refractivity contribution in [1.82, 2.24) is 0 Å². The number of allylic oxidation sites excluding steroid dienone is 1. The van der Waals surface area contributed by atoms with Gasteiger partial charge < -0.3 is 26.5 Å². The predicted octanol–water partition coefficient (Wildman–Crippen LogP) is 9.23. The van der Waals surface area contributed by atoms with Gasteiger partial charge in [-0.2, -0.15) is 13.3 Å². The Bertz CT molecular complexity index is 705. The molecule has 0 aromatic heterocycles. The molecular formula is C35H65O4-. The monoisotopic (exact) mass is 549 g/mol. The Morgan fingerprint density at radius 3 is 2.13 bits per heavy atom. The zero-order chi connectivity index (χ0) is 29.3. The van der Waals surface area contributed by atoms with Crippen LogP contribution in [0.5, 0.6) is 0 Å². The molecule has 5 unspecified atom stereocenters. The number of aliphatic hydroxyl groups excluding tert-OH is 1. The van der Waals surface area contributed by atoms with Crippen LogP contribution in [0.15, 0.2) is 23.0 Å². The van der Waals surface area contributed by atoms with Crippen molar-refractivity contribution in [2.24, 2.45) is 11.8 Å². The normalized spacial score (nSPS) is 21.8. The molecule has 0 spiro atoms. The Kier molecular flexibility index (Phi) is 17.9. The Morgan fingerprint density at radius 2 is 1.49 bits per heavy atom. The van der Waals surface area contributed by atoms with Crippen LogP contribution in [0.1, 0.15) is 158 Å². The summed E-state index contributed by atoms with van der Waals surface area (Å²) in [5.41, 5.74) is 1.05. The standard InChI is InChI=1S/C35H65O4/c1-8-10-12-13-14-16-26-39-33-30(5)29(4)32(36)27-31(33)21-20-28(3)19-17-23-35(7,38)25-18-24-34(6,37)22-15-11-9-2/h9,27-29,32,36-38H,8,10-26H2,1-7H3/q-1. The van der Waals surface area contributed by atoms with Gasteiger partial charge in [0.15, 0.2) is 0 Å². The van der Waals surface area contributed by atoms with E-state index in [1.54, 1.807) is 0 Å². The highest BCUT2D eigenvalue weighted by atomic mass is 16.5. The molecule has 0 heterocycles. The van der Waals surface area contributed by atoms with Gasteiger partial charge in [0.05, 0.1) is 23.9 Å². The van der Waals surface area contributed by atoms with Crippen molar-refractivity contribution in [3.05, 3.63) is 29.4 Å². The third-order valence-electron chi connectivity index (χ3n) is 8.92. The molecular weight excluding hydrogens is 484 g/mol. The van der Waals surface area contributed by atoms with E-state index in [0.717, 1.165) is 89.4 Å². The third kappa shape index (κ3) is 15.7. The zero-order valence-electron chi connectivity index (χ0n) is 26.9. The van der Waals surface area contributed by atoms with E-state index >= 15 is 0 Å². The fraction of sp³-hybridized carbons (Fsp3) is 0.857. The van der Waals surface area contributed by atoms with E-state index in [9.17, 15) is 15.3 Å². The van der Waals surface area contributed by atoms with Crippen LogP contribution in [-0.4, -0.2) is 39.2 Å². The summed E-state index contributed by atoms with van der Waals surface area (Å²) in [6.45, 7) is 15.5. The Morgan fingerprint density at radius 1 is 0.897 bits per heavy atom. The molecule has 0 bridgehead atoms. The molecule has 4 heteroatoms. The zero-order valence-corrected chi connectivity index (χ0v) is 26.9. The summed E-state index contributed by atoms with van der Waals surface area (Å²) in [4.78, 5) is 0. The van der Waals surface area contributed by atoms with E-state index in [1.807, 2.05) is 19.9 Å². The van der Waals surface area contributed by atoms with Crippen LogP contribution in [0.4, 0.5) is 0 Å². The highest BCUT2D eigenvalue weighted by Crippen LogP contribution is 2.35. The van der Waals surface area contributed by atoms with Gasteiger partial charge in [-0.1, -0.05) is 72.1 Å². The second-order valence-corrected chi connectivity index (χ2v) is 13.3. The minimum atomic E-state index is -0.670. The van der Waals surface area contributed by atoms with Crippen LogP contribution in [0.2, 0.25) is 0 Å². The fourth-order valence-electron chi connectivity index (χ4n) is 5.77. The van der Waals surface area contributed by atoms with Gasteiger partial charge >= 0.3 is 0 Å². The minimum absolute atomic E-state index is 0.103. The van der Waals surface area contributed by atoms with E-state index in [0.29, 0.717) is 5.92 Å². The second-order valence-electron chi connectivity index (χ2n) is 13.3. The molecule has 1 rings (SSSR count). The van der Waals surface area contributed by atoms with Gasteiger partial charge in [-0.15, -0.1) is 0 Å². The van der Waals surface area contributed by atoms with Gasteiger partial charge in [-0.05, 0) is 95.3 Å². The fourth-order valence-corrected chi connectivity index (χ4v) is 5.77. The van der Waals surface area contributed by atoms with Crippen LogP contribution in [-0.2, 0) is 4.74 Å². The molecule has 39 heavy (non-hydrogen) atoms. The topological polar surface area (TPSA) is 69.9 Å². The van der Waals surface area contributed by atoms with E-state index in [1.165, 1.54) is 43.3 Å². The number of unbranched alkanes of at least 4 members (excludes halogenated alkanes) is 7. The maximum absolute atomic E-state index is 10.9. The molecule has 4 nitrogen and oxygen atoms in total. The molecule has 0 saturated heterocycles. The highest BCUT2D eigenvalue weighted by Gasteiger charge is 2.27. The van der Waals surface area contributed by atoms with Crippen molar-refractivity contribution in [1.29, 1.82) is 0 Å². The first-order valence-electron chi connectivity index (χ1n) is 16.4. The molecule has 1 aliphatic carbocycles. The SMILES string of the molecule is C[CH-]CCCC(C)(O)CCCC(C)(O)CCCC(C)CCC1=CC(O)C(C)C(C)=C1OCCCCCCCC. The Balaban J connectivity index is 2.42. The summed E-state index contributed by atoms with van der Waals surface area (Å²) in [5.74, 6) is 1.68. The molecule has 0 radical (unpaired) electrons. The van der Waals surface area contributed by atoms with Crippen LogP contribution < -0.4 is 0 Å². The molecule has 1 aliphatic rings. The van der Waals surface area contributed by atoms with Crippen molar-refractivity contribution in [3.63, 3.8) is 0 Å². The van der Waals surface area contributed by atoms with Crippen LogP contribution in [0.3, 0.4) is 0 Å². The smallest absolute Gasteiger partial charge is 0.121 e. The number of hydrogen-bond donors (Lipinski definition) is 3. The number of aliphatic hydroxyl groups is 3. The first kappa shape index (κ1) is 36.2. The van der Waals surface area contributed by atoms with Crippen LogP contribution >= 0.6 is 0 Å². The van der Waals surface area contributed by atoms with Gasteiger partial charge in [0.2, 0.25) is 0 Å². The lowest BCUT2D eigenvalue weighted by Crippen LogP contribution is -2.28. The molecule has 5 atom stereocenters. The van der Waals surface area contributed by atoms with Gasteiger partial charge in [-0.25, -0.2) is 0 Å². The second kappa shape index (κ2) is 19.3. The summed E-state index contributed by atoms with van der Waals surface area (Å²) in [5, 5.41) is 32.1. The average molecular weight is 550 g/mol. The maximum atomic E-state index is 10.9. The van der Waals surface area contributed by atoms with E-state index < -0.39 is 17.3 Å². The summed E-state index contributed by atoms with van der Waals surface area (Å²) in [6, 6.07) is 0. The quantitative estimate of drug-likeness (QED) is 0.0877. The van der Waals surface area contributed by atoms with E-state index in [4.69, 9.17) is 4.74 Å². The largest absolute Gasteiger partial charge is 0.493 e. The Hall–Kier alpha value is -0.840. The van der Waals surface area contributed by atoms with Crippen LogP contribution in [0, 0.1) is 18.3 Å². The highest BCUT2D eigenvalue weighted by molar-refractivity contribution is 5.37. The summed E-state index contributed by atoms with van der Waals surface area (Å²) >= 11 is 0. The molecule has 0 amide bonds. The maximum Gasteiger partial charge on any atom is 0.121 e. The lowest BCUT2D eigenvalue weighted by Gasteiger charge is -2.29. The third-order valence-corrected chi connectivity index (χ3v) is 8.92.